The molecule has 1 unspecified atom stereocenters. The lowest BCUT2D eigenvalue weighted by Gasteiger charge is -2.21. The van der Waals surface area contributed by atoms with Gasteiger partial charge in [-0.15, -0.1) is 0 Å². The Balaban J connectivity index is 1.85. The number of nitrogens with one attached hydrogen (secondary N) is 2. The zero-order chi connectivity index (χ0) is 31.3. The summed E-state index contributed by atoms with van der Waals surface area (Å²) in [5.41, 5.74) is 3.50. The van der Waals surface area contributed by atoms with Gasteiger partial charge in [0.25, 0.3) is 5.91 Å². The summed E-state index contributed by atoms with van der Waals surface area (Å²) in [5, 5.41) is 17.5. The van der Waals surface area contributed by atoms with Crippen molar-refractivity contribution in [2.75, 3.05) is 39.7 Å². The minimum atomic E-state index is -1.18. The molecule has 1 heterocycles. The third-order valence-electron chi connectivity index (χ3n) is 7.20. The van der Waals surface area contributed by atoms with Gasteiger partial charge in [0.15, 0.2) is 0 Å². The van der Waals surface area contributed by atoms with E-state index in [1.54, 1.807) is 12.1 Å². The number of carbonyl (C=O) groups excluding carboxylic acids is 2. The van der Waals surface area contributed by atoms with E-state index in [0.717, 1.165) is 34.8 Å². The maximum atomic E-state index is 13.3. The Kier molecular flexibility index (Phi) is 9.79. The number of hydrogen-bond donors (Lipinski definition) is 4. The number of benzene rings is 3. The van der Waals surface area contributed by atoms with Gasteiger partial charge >= 0.3 is 5.97 Å². The smallest absolute Gasteiger partial charge is 0.336 e. The lowest BCUT2D eigenvalue weighted by molar-refractivity contribution is -0.126. The molecular weight excluding hydrogens is 550 g/mol. The van der Waals surface area contributed by atoms with E-state index in [1.807, 2.05) is 81.0 Å². The van der Waals surface area contributed by atoms with Gasteiger partial charge in [-0.25, -0.2) is 15.3 Å². The average molecular weight is 589 g/mol. The molecule has 0 bridgehead atoms. The monoisotopic (exact) mass is 588 g/mol. The number of anilines is 1. The van der Waals surface area contributed by atoms with Gasteiger partial charge in [-0.3, -0.25) is 14.4 Å². The molecule has 4 rings (SSSR count). The first kappa shape index (κ1) is 31.2. The fraction of sp³-hybridized carbons (Fsp3) is 0.312. The Morgan fingerprint density at radius 3 is 2.42 bits per heavy atom. The number of rotatable bonds is 11. The molecule has 2 aromatic rings. The van der Waals surface area contributed by atoms with E-state index in [2.05, 4.69) is 15.5 Å². The second kappa shape index (κ2) is 13.5. The van der Waals surface area contributed by atoms with Gasteiger partial charge in [0.1, 0.15) is 38.2 Å². The van der Waals surface area contributed by atoms with Crippen LogP contribution in [0.1, 0.15) is 46.9 Å². The van der Waals surface area contributed by atoms with Crippen molar-refractivity contribution in [3.05, 3.63) is 71.1 Å². The quantitative estimate of drug-likeness (QED) is 0.0903. The Morgan fingerprint density at radius 2 is 1.77 bits per heavy atom. The number of carboxylic acids is 1. The predicted molar refractivity (Wildman–Crippen MR) is 166 cm³/mol. The van der Waals surface area contributed by atoms with Crippen LogP contribution in [0.15, 0.2) is 59.0 Å². The Morgan fingerprint density at radius 1 is 1.02 bits per heavy atom. The highest BCUT2D eigenvalue weighted by atomic mass is 16.6. The summed E-state index contributed by atoms with van der Waals surface area (Å²) < 4.78 is 8.32. The van der Waals surface area contributed by atoms with Crippen LogP contribution < -0.4 is 31.4 Å². The van der Waals surface area contributed by atoms with Crippen molar-refractivity contribution in [3.8, 4) is 22.5 Å². The number of nitrogens with zero attached hydrogens (tertiary/aromatic N) is 2. The standard InChI is InChI=1S/C32H37N5O6/c1-6-7-8-28(34-29(38)18-42-33)35-31(39)19-9-12-22(25(15-19)32(40)41)30-23-13-10-20(36(2)3)16-26(23)43-27-17-21(37(4)5)11-14-24(27)30/h9-17,28H,6-8,18,33H2,1-5H3,(H2-,34,35,38,39,40,41)/p+1. The molecule has 2 aliphatic rings. The van der Waals surface area contributed by atoms with Gasteiger partial charge in [0.2, 0.25) is 11.3 Å². The number of hydrogen-bond acceptors (Lipinski definition) is 7. The molecule has 1 aliphatic carbocycles. The highest BCUT2D eigenvalue weighted by Crippen LogP contribution is 2.42. The van der Waals surface area contributed by atoms with Crippen LogP contribution in [0.3, 0.4) is 0 Å². The molecule has 0 saturated heterocycles. The van der Waals surface area contributed by atoms with Gasteiger partial charge in [0, 0.05) is 54.0 Å². The van der Waals surface area contributed by atoms with Crippen LogP contribution in [0.2, 0.25) is 0 Å². The van der Waals surface area contributed by atoms with Gasteiger partial charge in [-0.1, -0.05) is 19.4 Å². The van der Waals surface area contributed by atoms with E-state index in [1.165, 1.54) is 6.07 Å². The van der Waals surface area contributed by atoms with Crippen molar-refractivity contribution in [1.29, 1.82) is 0 Å². The van der Waals surface area contributed by atoms with E-state index in [9.17, 15) is 19.5 Å². The van der Waals surface area contributed by atoms with Crippen LogP contribution in [0.4, 0.5) is 5.69 Å². The van der Waals surface area contributed by atoms with Crippen LogP contribution >= 0.6 is 0 Å². The van der Waals surface area contributed by atoms with Gasteiger partial charge in [-0.2, -0.15) is 0 Å². The molecule has 43 heavy (non-hydrogen) atoms. The largest absolute Gasteiger partial charge is 0.478 e. The number of amides is 2. The zero-order valence-electron chi connectivity index (χ0n) is 25.1. The average Bonchev–Trinajstić information content (AvgIpc) is 2.97. The lowest BCUT2D eigenvalue weighted by atomic mass is 9.89. The van der Waals surface area contributed by atoms with E-state index in [4.69, 9.17) is 10.3 Å². The SMILES string of the molecule is CCCCC(NC(=O)CON)NC(=O)c1ccc(-c2c3ccc(=[N+](C)C)cc-3oc3cc(N(C)C)ccc23)c(C(=O)O)c1. The Hall–Kier alpha value is -4.74. The molecule has 11 nitrogen and oxygen atoms in total. The molecule has 2 amide bonds. The number of unbranched alkanes of at least 4 members (excludes halogenated alkanes) is 1. The first-order valence-electron chi connectivity index (χ1n) is 14.0. The number of aromatic carboxylic acids is 1. The molecule has 1 atom stereocenters. The lowest BCUT2D eigenvalue weighted by Crippen LogP contribution is -2.49. The Bertz CT molecular complexity index is 1710. The molecule has 0 fully saturated rings. The van der Waals surface area contributed by atoms with Gasteiger partial charge in [0.05, 0.1) is 11.6 Å². The van der Waals surface area contributed by atoms with Crippen molar-refractivity contribution in [2.24, 2.45) is 5.90 Å². The first-order chi connectivity index (χ1) is 20.5. The van der Waals surface area contributed by atoms with Crippen LogP contribution in [-0.2, 0) is 9.63 Å². The first-order valence-corrected chi connectivity index (χ1v) is 14.0. The zero-order valence-corrected chi connectivity index (χ0v) is 25.1. The highest BCUT2D eigenvalue weighted by molar-refractivity contribution is 6.09. The summed E-state index contributed by atoms with van der Waals surface area (Å²) in [6.07, 6.45) is 1.41. The number of fused-ring (bicyclic) bond motifs is 2. The fourth-order valence-electron chi connectivity index (χ4n) is 4.94. The second-order valence-corrected chi connectivity index (χ2v) is 10.7. The van der Waals surface area contributed by atoms with Gasteiger partial charge in [-0.05, 0) is 48.7 Å². The van der Waals surface area contributed by atoms with Crippen molar-refractivity contribution in [3.63, 3.8) is 0 Å². The van der Waals surface area contributed by atoms with Crippen molar-refractivity contribution in [1.82, 2.24) is 15.2 Å². The molecule has 5 N–H and O–H groups in total. The molecular formula is C32H38N5O6+. The van der Waals surface area contributed by atoms with Gasteiger partial charge < -0.3 is 25.1 Å². The molecule has 0 spiro atoms. The number of carbonyl (C=O) groups is 3. The maximum absolute atomic E-state index is 13.3. The van der Waals surface area contributed by atoms with Crippen LogP contribution in [-0.4, -0.2) is 63.9 Å². The van der Waals surface area contributed by atoms with Crippen molar-refractivity contribution >= 4 is 34.4 Å². The van der Waals surface area contributed by atoms with Crippen molar-refractivity contribution < 1.29 is 28.7 Å². The number of carboxylic acid groups (broad SMARTS) is 1. The Labute approximate surface area is 249 Å². The second-order valence-electron chi connectivity index (χ2n) is 10.7. The molecule has 2 aromatic carbocycles. The third kappa shape index (κ3) is 7.02. The molecule has 0 aromatic heterocycles. The van der Waals surface area contributed by atoms with E-state index < -0.39 is 23.9 Å². The maximum Gasteiger partial charge on any atom is 0.336 e. The molecule has 226 valence electrons. The summed E-state index contributed by atoms with van der Waals surface area (Å²) in [6, 6.07) is 16.2. The summed E-state index contributed by atoms with van der Waals surface area (Å²) in [7, 11) is 7.74. The minimum Gasteiger partial charge on any atom is -0.478 e. The third-order valence-corrected chi connectivity index (χ3v) is 7.20. The molecule has 11 heteroatoms. The normalized spacial score (nSPS) is 11.8. The predicted octanol–water partition coefficient (Wildman–Crippen LogP) is 3.25. The molecule has 0 saturated carbocycles. The van der Waals surface area contributed by atoms with E-state index >= 15 is 0 Å². The van der Waals surface area contributed by atoms with E-state index in [0.29, 0.717) is 28.9 Å². The summed E-state index contributed by atoms with van der Waals surface area (Å²) in [4.78, 5) is 44.3. The van der Waals surface area contributed by atoms with E-state index in [-0.39, 0.29) is 17.7 Å². The highest BCUT2D eigenvalue weighted by Gasteiger charge is 2.24. The summed E-state index contributed by atoms with van der Waals surface area (Å²) >= 11 is 0. The number of nitrogens with two attached hydrogens (primary N) is 1. The fourth-order valence-corrected chi connectivity index (χ4v) is 4.94. The molecule has 1 aliphatic heterocycles. The van der Waals surface area contributed by atoms with Crippen LogP contribution in [0.25, 0.3) is 33.4 Å². The molecule has 0 radical (unpaired) electrons. The summed E-state index contributed by atoms with van der Waals surface area (Å²) in [5.74, 6) is 3.42. The van der Waals surface area contributed by atoms with Crippen molar-refractivity contribution in [2.45, 2.75) is 32.4 Å². The minimum absolute atomic E-state index is 0.0412. The van der Waals surface area contributed by atoms with Crippen LogP contribution in [0.5, 0.6) is 0 Å². The topological polar surface area (TPSA) is 150 Å². The summed E-state index contributed by atoms with van der Waals surface area (Å²) in [6.45, 7) is 1.64. The van der Waals surface area contributed by atoms with Crippen LogP contribution in [0, 0.1) is 0 Å².